The summed E-state index contributed by atoms with van der Waals surface area (Å²) in [6.45, 7) is 1.57. The molecule has 0 unspecified atom stereocenters. The topological polar surface area (TPSA) is 107 Å². The summed E-state index contributed by atoms with van der Waals surface area (Å²) in [6, 6.07) is 0. The molecule has 0 amide bonds. The highest BCUT2D eigenvalue weighted by molar-refractivity contribution is 5.65. The van der Waals surface area contributed by atoms with Crippen molar-refractivity contribution < 1.29 is 4.42 Å². The fraction of sp³-hybridized carbons (Fsp3) is 0.167. The van der Waals surface area contributed by atoms with Gasteiger partial charge in [-0.3, -0.25) is 9.78 Å². The summed E-state index contributed by atoms with van der Waals surface area (Å²) < 4.78 is 5.40. The molecule has 3 N–H and O–H groups in total. The number of rotatable bonds is 0. The van der Waals surface area contributed by atoms with Gasteiger partial charge in [-0.1, -0.05) is 0 Å². The average molecular weight is 182 g/mol. The molecule has 68 valence electrons. The Morgan fingerprint density at radius 3 is 2.92 bits per heavy atom. The number of oxazole rings is 1. The van der Waals surface area contributed by atoms with Gasteiger partial charge in [0.1, 0.15) is 0 Å². The fourth-order valence-corrected chi connectivity index (χ4v) is 1.02. The molecule has 13 heavy (non-hydrogen) atoms. The number of aromatic amines is 1. The zero-order chi connectivity index (χ0) is 9.59. The van der Waals surface area contributed by atoms with Crippen molar-refractivity contribution in [2.45, 2.75) is 6.92 Å². The zero-order valence-electron chi connectivity index (χ0n) is 6.70. The van der Waals surface area contributed by atoms with Crippen LogP contribution in [0.5, 0.6) is 0 Å². The smallest absolute Gasteiger partial charge is 0.350 e. The van der Waals surface area contributed by atoms with Gasteiger partial charge in [-0.05, 0) is 0 Å². The predicted molar refractivity (Wildman–Crippen MR) is 43.8 cm³/mol. The van der Waals surface area contributed by atoms with Crippen molar-refractivity contribution in [3.8, 4) is 0 Å². The average Bonchev–Trinajstić information content (AvgIpc) is 2.42. The summed E-state index contributed by atoms with van der Waals surface area (Å²) in [6.07, 6.45) is 0. The minimum atomic E-state index is -0.728. The van der Waals surface area contributed by atoms with E-state index in [9.17, 15) is 9.59 Å². The second-order valence-electron chi connectivity index (χ2n) is 2.52. The molecular weight excluding hydrogens is 176 g/mol. The van der Waals surface area contributed by atoms with Gasteiger partial charge >= 0.3 is 11.2 Å². The first kappa shape index (κ1) is 7.59. The second-order valence-corrected chi connectivity index (χ2v) is 2.52. The van der Waals surface area contributed by atoms with Gasteiger partial charge in [-0.25, -0.2) is 9.78 Å². The molecule has 0 fully saturated rings. The van der Waals surface area contributed by atoms with E-state index < -0.39 is 11.2 Å². The van der Waals surface area contributed by atoms with Crippen LogP contribution in [-0.2, 0) is 0 Å². The number of aryl methyl sites for hydroxylation is 1. The van der Waals surface area contributed by atoms with Gasteiger partial charge in [0.25, 0.3) is 0 Å². The lowest BCUT2D eigenvalue weighted by molar-refractivity contribution is 0.548. The van der Waals surface area contributed by atoms with Crippen molar-refractivity contribution in [3.63, 3.8) is 0 Å². The minimum Gasteiger partial charge on any atom is -0.424 e. The van der Waals surface area contributed by atoms with E-state index in [-0.39, 0.29) is 11.2 Å². The van der Waals surface area contributed by atoms with Crippen LogP contribution < -0.4 is 17.1 Å². The largest absolute Gasteiger partial charge is 0.424 e. The van der Waals surface area contributed by atoms with Gasteiger partial charge in [0.05, 0.1) is 0 Å². The van der Waals surface area contributed by atoms with E-state index in [4.69, 9.17) is 10.3 Å². The SMILES string of the molecule is Cc1nc2c(=O)n(N)c(=O)[nH]c2o1. The number of H-pyrrole nitrogens is 1. The van der Waals surface area contributed by atoms with Crippen LogP contribution in [0, 0.1) is 6.92 Å². The number of nitrogens with zero attached hydrogens (tertiary/aromatic N) is 2. The summed E-state index contributed by atoms with van der Waals surface area (Å²) >= 11 is 0. The first-order valence-corrected chi connectivity index (χ1v) is 3.47. The normalized spacial score (nSPS) is 10.8. The van der Waals surface area contributed by atoms with Gasteiger partial charge in [0.2, 0.25) is 5.71 Å². The van der Waals surface area contributed by atoms with E-state index in [1.807, 2.05) is 0 Å². The number of aromatic nitrogens is 3. The van der Waals surface area contributed by atoms with E-state index in [1.165, 1.54) is 0 Å². The van der Waals surface area contributed by atoms with Crippen LogP contribution in [0.3, 0.4) is 0 Å². The Bertz CT molecular complexity index is 576. The van der Waals surface area contributed by atoms with E-state index in [1.54, 1.807) is 6.92 Å². The number of hydrogen-bond acceptors (Lipinski definition) is 5. The van der Waals surface area contributed by atoms with Crippen LogP contribution >= 0.6 is 0 Å². The molecule has 7 nitrogen and oxygen atoms in total. The monoisotopic (exact) mass is 182 g/mol. The van der Waals surface area contributed by atoms with Gasteiger partial charge in [0, 0.05) is 6.92 Å². The molecule has 0 radical (unpaired) electrons. The number of fused-ring (bicyclic) bond motifs is 1. The molecule has 0 aromatic carbocycles. The van der Waals surface area contributed by atoms with Gasteiger partial charge < -0.3 is 10.3 Å². The highest BCUT2D eigenvalue weighted by Crippen LogP contribution is 2.04. The molecule has 0 atom stereocenters. The Morgan fingerprint density at radius 1 is 1.54 bits per heavy atom. The maximum absolute atomic E-state index is 11.3. The van der Waals surface area contributed by atoms with E-state index in [0.29, 0.717) is 10.6 Å². The molecule has 7 heteroatoms. The lowest BCUT2D eigenvalue weighted by atomic mass is 10.6. The Kier molecular flexibility index (Phi) is 1.30. The van der Waals surface area contributed by atoms with E-state index in [2.05, 4.69) is 9.97 Å². The molecule has 0 aliphatic carbocycles. The summed E-state index contributed by atoms with van der Waals surface area (Å²) in [5, 5.41) is 0. The van der Waals surface area contributed by atoms with Crippen molar-refractivity contribution in [2.24, 2.45) is 0 Å². The number of nitrogen functional groups attached to an aromatic ring is 1. The Balaban J connectivity index is 3.10. The molecule has 0 saturated carbocycles. The quantitative estimate of drug-likeness (QED) is 0.492. The van der Waals surface area contributed by atoms with Crippen LogP contribution in [-0.4, -0.2) is 14.6 Å². The maximum atomic E-state index is 11.3. The molecular formula is C6H6N4O3. The summed E-state index contributed by atoms with van der Waals surface area (Å²) in [5.74, 6) is 5.44. The van der Waals surface area contributed by atoms with Crippen molar-refractivity contribution >= 4 is 11.2 Å². The molecule has 0 spiro atoms. The molecule has 0 aliphatic rings. The third-order valence-corrected chi connectivity index (χ3v) is 1.59. The third kappa shape index (κ3) is 0.934. The highest BCUT2D eigenvalue weighted by Gasteiger charge is 2.10. The van der Waals surface area contributed by atoms with E-state index in [0.717, 1.165) is 0 Å². The molecule has 2 rings (SSSR count). The standard InChI is InChI=1S/C6H6N4O3/c1-2-8-3-4(13-2)9-6(12)10(7)5(3)11/h7H2,1H3,(H,9,12). The van der Waals surface area contributed by atoms with Crippen molar-refractivity contribution in [1.82, 2.24) is 14.6 Å². The highest BCUT2D eigenvalue weighted by atomic mass is 16.4. The second kappa shape index (κ2) is 2.22. The zero-order valence-corrected chi connectivity index (χ0v) is 6.70. The van der Waals surface area contributed by atoms with Crippen molar-refractivity contribution in [1.29, 1.82) is 0 Å². The molecule has 2 aromatic rings. The Labute approximate surface area is 70.8 Å². The third-order valence-electron chi connectivity index (χ3n) is 1.59. The van der Waals surface area contributed by atoms with Crippen molar-refractivity contribution in [2.75, 3.05) is 5.84 Å². The summed E-state index contributed by atoms with van der Waals surface area (Å²) in [5.41, 5.74) is -1.32. The van der Waals surface area contributed by atoms with Crippen LogP contribution in [0.1, 0.15) is 5.89 Å². The first-order chi connectivity index (χ1) is 6.09. The van der Waals surface area contributed by atoms with Crippen LogP contribution in [0.25, 0.3) is 11.2 Å². The van der Waals surface area contributed by atoms with Gasteiger partial charge in [-0.15, -0.1) is 0 Å². The summed E-state index contributed by atoms with van der Waals surface area (Å²) in [7, 11) is 0. The lowest BCUT2D eigenvalue weighted by Gasteiger charge is -1.91. The number of nitrogens with two attached hydrogens (primary N) is 1. The van der Waals surface area contributed by atoms with Crippen LogP contribution in [0.15, 0.2) is 14.0 Å². The van der Waals surface area contributed by atoms with Gasteiger partial charge in [0.15, 0.2) is 11.4 Å². The molecule has 2 aromatic heterocycles. The fourth-order valence-electron chi connectivity index (χ4n) is 1.02. The number of nitrogens with one attached hydrogen (secondary N) is 1. The van der Waals surface area contributed by atoms with Gasteiger partial charge in [-0.2, -0.15) is 4.68 Å². The molecule has 0 aliphatic heterocycles. The minimum absolute atomic E-state index is 0.0274. The Morgan fingerprint density at radius 2 is 2.23 bits per heavy atom. The van der Waals surface area contributed by atoms with Crippen LogP contribution in [0.4, 0.5) is 0 Å². The Hall–Kier alpha value is -2.05. The van der Waals surface area contributed by atoms with Crippen LogP contribution in [0.2, 0.25) is 0 Å². The lowest BCUT2D eigenvalue weighted by Crippen LogP contribution is -2.40. The maximum Gasteiger partial charge on any atom is 0.350 e. The van der Waals surface area contributed by atoms with E-state index >= 15 is 0 Å². The molecule has 2 heterocycles. The summed E-state index contributed by atoms with van der Waals surface area (Å²) in [4.78, 5) is 28.3. The molecule has 0 bridgehead atoms. The predicted octanol–water partition coefficient (Wildman–Crippen LogP) is -1.30. The van der Waals surface area contributed by atoms with Crippen molar-refractivity contribution in [3.05, 3.63) is 26.7 Å². The number of hydrogen-bond donors (Lipinski definition) is 2. The first-order valence-electron chi connectivity index (χ1n) is 3.47. The molecule has 0 saturated heterocycles.